The number of hydrogen-bond acceptors (Lipinski definition) is 5. The van der Waals surface area contributed by atoms with Crippen molar-refractivity contribution in [3.8, 4) is 5.88 Å². The molecule has 6 nitrogen and oxygen atoms in total. The SMILES string of the molecule is CC(C)(CO)NC(=O)c1cnc(OC2CCOCC2)c(Cl)c1. The van der Waals surface area contributed by atoms with E-state index in [0.717, 1.165) is 12.8 Å². The van der Waals surface area contributed by atoms with Gasteiger partial charge in [-0.25, -0.2) is 4.98 Å². The summed E-state index contributed by atoms with van der Waals surface area (Å²) in [6, 6.07) is 1.52. The van der Waals surface area contributed by atoms with Gasteiger partial charge >= 0.3 is 0 Å². The molecule has 0 radical (unpaired) electrons. The van der Waals surface area contributed by atoms with Crippen LogP contribution in [0.2, 0.25) is 5.02 Å². The van der Waals surface area contributed by atoms with E-state index in [2.05, 4.69) is 10.3 Å². The van der Waals surface area contributed by atoms with E-state index in [-0.39, 0.29) is 18.6 Å². The minimum Gasteiger partial charge on any atom is -0.473 e. The molecule has 7 heteroatoms. The van der Waals surface area contributed by atoms with Crippen molar-refractivity contribution in [1.29, 1.82) is 0 Å². The molecule has 2 N–H and O–H groups in total. The first-order valence-corrected chi connectivity index (χ1v) is 7.62. The molecule has 0 aliphatic carbocycles. The van der Waals surface area contributed by atoms with Gasteiger partial charge in [0.1, 0.15) is 11.1 Å². The molecular formula is C15H21ClN2O4. The fourth-order valence-corrected chi connectivity index (χ4v) is 2.22. The van der Waals surface area contributed by atoms with Crippen molar-refractivity contribution in [3.63, 3.8) is 0 Å². The Morgan fingerprint density at radius 3 is 2.82 bits per heavy atom. The summed E-state index contributed by atoms with van der Waals surface area (Å²) in [6.07, 6.45) is 3.05. The Balaban J connectivity index is 2.04. The third-order valence-corrected chi connectivity index (χ3v) is 3.63. The maximum atomic E-state index is 12.1. The van der Waals surface area contributed by atoms with E-state index in [1.165, 1.54) is 12.3 Å². The van der Waals surface area contributed by atoms with Crippen LogP contribution in [0.25, 0.3) is 0 Å². The van der Waals surface area contributed by atoms with Crippen LogP contribution < -0.4 is 10.1 Å². The molecule has 1 amide bonds. The summed E-state index contributed by atoms with van der Waals surface area (Å²) in [7, 11) is 0. The molecule has 1 aliphatic heterocycles. The lowest BCUT2D eigenvalue weighted by Crippen LogP contribution is -2.46. The van der Waals surface area contributed by atoms with Gasteiger partial charge in [0.05, 0.1) is 30.9 Å². The van der Waals surface area contributed by atoms with Gasteiger partial charge in [0.25, 0.3) is 5.91 Å². The normalized spacial score (nSPS) is 16.4. The predicted octanol–water partition coefficient (Wildman–Crippen LogP) is 1.79. The molecule has 2 heterocycles. The summed E-state index contributed by atoms with van der Waals surface area (Å²) in [4.78, 5) is 16.2. The molecule has 0 unspecified atom stereocenters. The maximum absolute atomic E-state index is 12.1. The van der Waals surface area contributed by atoms with Crippen LogP contribution in [-0.4, -0.2) is 47.5 Å². The molecule has 0 saturated carbocycles. The van der Waals surface area contributed by atoms with Crippen molar-refractivity contribution < 1.29 is 19.4 Å². The summed E-state index contributed by atoms with van der Waals surface area (Å²) >= 11 is 6.15. The van der Waals surface area contributed by atoms with E-state index in [4.69, 9.17) is 21.1 Å². The lowest BCUT2D eigenvalue weighted by molar-refractivity contribution is 0.0238. The maximum Gasteiger partial charge on any atom is 0.253 e. The molecule has 122 valence electrons. The van der Waals surface area contributed by atoms with Gasteiger partial charge in [-0.3, -0.25) is 4.79 Å². The van der Waals surface area contributed by atoms with Crippen molar-refractivity contribution >= 4 is 17.5 Å². The standard InChI is InChI=1S/C15H21ClN2O4/c1-15(2,9-19)18-13(20)10-7-12(16)14(17-8-10)22-11-3-5-21-6-4-11/h7-8,11,19H,3-6,9H2,1-2H3,(H,18,20). The second-order valence-corrected chi connectivity index (χ2v) is 6.34. The third-order valence-electron chi connectivity index (χ3n) is 3.36. The number of halogens is 1. The fourth-order valence-electron chi connectivity index (χ4n) is 2.01. The summed E-state index contributed by atoms with van der Waals surface area (Å²) in [6.45, 7) is 4.62. The lowest BCUT2D eigenvalue weighted by atomic mass is 10.1. The van der Waals surface area contributed by atoms with Crippen LogP contribution in [-0.2, 0) is 4.74 Å². The van der Waals surface area contributed by atoms with E-state index >= 15 is 0 Å². The van der Waals surface area contributed by atoms with Crippen LogP contribution in [0.4, 0.5) is 0 Å². The Morgan fingerprint density at radius 2 is 2.23 bits per heavy atom. The number of carbonyl (C=O) groups excluding carboxylic acids is 1. The molecule has 0 aromatic carbocycles. The number of pyridine rings is 1. The third kappa shape index (κ3) is 4.56. The average Bonchev–Trinajstić information content (AvgIpc) is 2.50. The highest BCUT2D eigenvalue weighted by Gasteiger charge is 2.22. The second kappa shape index (κ2) is 7.26. The molecule has 0 spiro atoms. The topological polar surface area (TPSA) is 80.7 Å². The first kappa shape index (κ1) is 17.0. The molecular weight excluding hydrogens is 308 g/mol. The molecule has 2 rings (SSSR count). The van der Waals surface area contributed by atoms with Crippen LogP contribution in [0.15, 0.2) is 12.3 Å². The molecule has 1 aromatic heterocycles. The number of ether oxygens (including phenoxy) is 2. The van der Waals surface area contributed by atoms with Crippen LogP contribution >= 0.6 is 11.6 Å². The summed E-state index contributed by atoms with van der Waals surface area (Å²) in [5.74, 6) is -0.0161. The number of aromatic nitrogens is 1. The zero-order chi connectivity index (χ0) is 16.2. The van der Waals surface area contributed by atoms with Crippen molar-refractivity contribution in [2.24, 2.45) is 0 Å². The molecule has 1 fully saturated rings. The van der Waals surface area contributed by atoms with E-state index in [0.29, 0.717) is 29.7 Å². The Labute approximate surface area is 134 Å². The molecule has 22 heavy (non-hydrogen) atoms. The minimum absolute atomic E-state index is 0.0340. The van der Waals surface area contributed by atoms with Gasteiger partial charge in [-0.1, -0.05) is 11.6 Å². The zero-order valence-corrected chi connectivity index (χ0v) is 13.5. The first-order valence-electron chi connectivity index (χ1n) is 7.24. The molecule has 1 saturated heterocycles. The van der Waals surface area contributed by atoms with E-state index in [1.807, 2.05) is 0 Å². The van der Waals surface area contributed by atoms with Crippen molar-refractivity contribution in [2.75, 3.05) is 19.8 Å². The quantitative estimate of drug-likeness (QED) is 0.861. The average molecular weight is 329 g/mol. The van der Waals surface area contributed by atoms with Crippen LogP contribution in [0.3, 0.4) is 0 Å². The Hall–Kier alpha value is -1.37. The summed E-state index contributed by atoms with van der Waals surface area (Å²) in [5, 5.41) is 12.2. The van der Waals surface area contributed by atoms with Crippen molar-refractivity contribution in [3.05, 3.63) is 22.8 Å². The molecule has 0 bridgehead atoms. The van der Waals surface area contributed by atoms with E-state index < -0.39 is 5.54 Å². The van der Waals surface area contributed by atoms with Crippen molar-refractivity contribution in [1.82, 2.24) is 10.3 Å². The number of amides is 1. The van der Waals surface area contributed by atoms with Crippen LogP contribution in [0.5, 0.6) is 5.88 Å². The number of nitrogens with one attached hydrogen (secondary N) is 1. The zero-order valence-electron chi connectivity index (χ0n) is 12.8. The minimum atomic E-state index is -0.708. The highest BCUT2D eigenvalue weighted by molar-refractivity contribution is 6.32. The smallest absolute Gasteiger partial charge is 0.253 e. The summed E-state index contributed by atoms with van der Waals surface area (Å²) in [5.41, 5.74) is -0.383. The van der Waals surface area contributed by atoms with E-state index in [1.54, 1.807) is 13.8 Å². The van der Waals surface area contributed by atoms with Crippen LogP contribution in [0.1, 0.15) is 37.0 Å². The number of carbonyl (C=O) groups is 1. The number of nitrogens with zero attached hydrogens (tertiary/aromatic N) is 1. The number of hydrogen-bond donors (Lipinski definition) is 2. The van der Waals surface area contributed by atoms with Gasteiger partial charge in [-0.2, -0.15) is 0 Å². The monoisotopic (exact) mass is 328 g/mol. The Morgan fingerprint density at radius 1 is 1.55 bits per heavy atom. The lowest BCUT2D eigenvalue weighted by Gasteiger charge is -2.24. The number of aliphatic hydroxyl groups excluding tert-OH is 1. The predicted molar refractivity (Wildman–Crippen MR) is 82.3 cm³/mol. The van der Waals surface area contributed by atoms with Gasteiger partial charge in [0.15, 0.2) is 0 Å². The van der Waals surface area contributed by atoms with Gasteiger partial charge < -0.3 is 19.9 Å². The van der Waals surface area contributed by atoms with Crippen molar-refractivity contribution in [2.45, 2.75) is 38.3 Å². The molecule has 0 atom stereocenters. The number of rotatable bonds is 5. The molecule has 1 aromatic rings. The van der Waals surface area contributed by atoms with E-state index in [9.17, 15) is 9.90 Å². The summed E-state index contributed by atoms with van der Waals surface area (Å²) < 4.78 is 11.0. The second-order valence-electron chi connectivity index (χ2n) is 5.94. The highest BCUT2D eigenvalue weighted by atomic mass is 35.5. The first-order chi connectivity index (χ1) is 10.4. The largest absolute Gasteiger partial charge is 0.473 e. The van der Waals surface area contributed by atoms with Gasteiger partial charge in [0, 0.05) is 19.0 Å². The highest BCUT2D eigenvalue weighted by Crippen LogP contribution is 2.25. The van der Waals surface area contributed by atoms with Gasteiger partial charge in [-0.15, -0.1) is 0 Å². The van der Waals surface area contributed by atoms with Gasteiger partial charge in [-0.05, 0) is 19.9 Å². The van der Waals surface area contributed by atoms with Crippen LogP contribution in [0, 0.1) is 0 Å². The fraction of sp³-hybridized carbons (Fsp3) is 0.600. The Bertz CT molecular complexity index is 530. The van der Waals surface area contributed by atoms with Gasteiger partial charge in [0.2, 0.25) is 5.88 Å². The Kier molecular flexibility index (Phi) is 5.61. The number of aliphatic hydroxyl groups is 1. The molecule has 1 aliphatic rings.